The Bertz CT molecular complexity index is 722. The fourth-order valence-electron chi connectivity index (χ4n) is 3.28. The van der Waals surface area contributed by atoms with Gasteiger partial charge in [0.05, 0.1) is 0 Å². The molecule has 2 heterocycles. The molecule has 2 aromatic heterocycles. The van der Waals surface area contributed by atoms with Crippen LogP contribution in [0, 0.1) is 6.92 Å². The molecule has 0 saturated carbocycles. The number of imidazole rings is 1. The molecule has 128 valence electrons. The van der Waals surface area contributed by atoms with Crippen LogP contribution in [0.1, 0.15) is 48.4 Å². The molecule has 0 fully saturated rings. The van der Waals surface area contributed by atoms with E-state index in [-0.39, 0.29) is 5.91 Å². The molecule has 0 aromatic carbocycles. The van der Waals surface area contributed by atoms with Gasteiger partial charge in [-0.25, -0.2) is 15.0 Å². The van der Waals surface area contributed by atoms with Gasteiger partial charge in [0.15, 0.2) is 0 Å². The van der Waals surface area contributed by atoms with Gasteiger partial charge in [-0.15, -0.1) is 0 Å². The molecule has 0 saturated heterocycles. The number of carbonyl (C=O) groups is 1. The van der Waals surface area contributed by atoms with Crippen LogP contribution >= 0.6 is 0 Å². The number of rotatable bonds is 7. The molecule has 1 aliphatic carbocycles. The monoisotopic (exact) mass is 327 g/mol. The second-order valence-corrected chi connectivity index (χ2v) is 6.24. The van der Waals surface area contributed by atoms with Crippen molar-refractivity contribution in [3.8, 4) is 0 Å². The number of fused-ring (bicyclic) bond motifs is 1. The zero-order valence-electron chi connectivity index (χ0n) is 14.5. The number of nitrogens with zero attached hydrogens (tertiary/aromatic N) is 4. The first-order valence-electron chi connectivity index (χ1n) is 8.79. The first kappa shape index (κ1) is 16.6. The van der Waals surface area contributed by atoms with E-state index in [0.29, 0.717) is 25.9 Å². The lowest BCUT2D eigenvalue weighted by molar-refractivity contribution is -0.121. The van der Waals surface area contributed by atoms with E-state index < -0.39 is 0 Å². The Labute approximate surface area is 142 Å². The molecule has 1 amide bonds. The lowest BCUT2D eigenvalue weighted by Gasteiger charge is -2.09. The molecular formula is C18H25N5O. The van der Waals surface area contributed by atoms with Crippen molar-refractivity contribution in [2.75, 3.05) is 6.54 Å². The van der Waals surface area contributed by atoms with E-state index in [1.165, 1.54) is 17.7 Å². The maximum atomic E-state index is 12.0. The molecule has 0 atom stereocenters. The fraction of sp³-hybridized carbons (Fsp3) is 0.556. The van der Waals surface area contributed by atoms with Gasteiger partial charge < -0.3 is 9.88 Å². The van der Waals surface area contributed by atoms with Crippen molar-refractivity contribution in [1.29, 1.82) is 0 Å². The molecule has 2 aromatic rings. The largest absolute Gasteiger partial charge is 0.356 e. The Morgan fingerprint density at radius 2 is 2.21 bits per heavy atom. The van der Waals surface area contributed by atoms with E-state index in [1.54, 1.807) is 6.20 Å². The van der Waals surface area contributed by atoms with Gasteiger partial charge in [-0.05, 0) is 31.7 Å². The van der Waals surface area contributed by atoms with Crippen molar-refractivity contribution >= 4 is 5.91 Å². The Morgan fingerprint density at radius 3 is 3.04 bits per heavy atom. The summed E-state index contributed by atoms with van der Waals surface area (Å²) in [7, 11) is 0. The molecular weight excluding hydrogens is 302 g/mol. The van der Waals surface area contributed by atoms with Crippen LogP contribution in [0.25, 0.3) is 0 Å². The normalized spacial score (nSPS) is 13.1. The van der Waals surface area contributed by atoms with Crippen LogP contribution in [0.15, 0.2) is 12.4 Å². The van der Waals surface area contributed by atoms with Crippen LogP contribution in [-0.4, -0.2) is 32.0 Å². The molecule has 1 aliphatic rings. The summed E-state index contributed by atoms with van der Waals surface area (Å²) in [4.78, 5) is 25.5. The third-order valence-electron chi connectivity index (χ3n) is 4.55. The minimum atomic E-state index is 0.0589. The van der Waals surface area contributed by atoms with Crippen LogP contribution in [0.2, 0.25) is 0 Å². The molecule has 0 bridgehead atoms. The average molecular weight is 327 g/mol. The third kappa shape index (κ3) is 3.80. The highest BCUT2D eigenvalue weighted by molar-refractivity contribution is 5.75. The second-order valence-electron chi connectivity index (χ2n) is 6.24. The van der Waals surface area contributed by atoms with Gasteiger partial charge in [-0.1, -0.05) is 6.92 Å². The van der Waals surface area contributed by atoms with Gasteiger partial charge in [-0.2, -0.15) is 0 Å². The lowest BCUT2D eigenvalue weighted by Crippen LogP contribution is -2.27. The Morgan fingerprint density at radius 1 is 1.33 bits per heavy atom. The fourth-order valence-corrected chi connectivity index (χ4v) is 3.28. The quantitative estimate of drug-likeness (QED) is 0.841. The molecule has 6 heteroatoms. The van der Waals surface area contributed by atoms with E-state index in [1.807, 2.05) is 10.8 Å². The number of hydrogen-bond acceptors (Lipinski definition) is 4. The van der Waals surface area contributed by atoms with Crippen LogP contribution in [0.5, 0.6) is 0 Å². The van der Waals surface area contributed by atoms with Crippen molar-refractivity contribution in [1.82, 2.24) is 24.8 Å². The van der Waals surface area contributed by atoms with Gasteiger partial charge in [0, 0.05) is 56.1 Å². The average Bonchev–Trinajstić information content (AvgIpc) is 3.21. The predicted molar refractivity (Wildman–Crippen MR) is 91.7 cm³/mol. The van der Waals surface area contributed by atoms with Gasteiger partial charge in [0.2, 0.25) is 5.91 Å². The zero-order chi connectivity index (χ0) is 16.9. The lowest BCUT2D eigenvalue weighted by atomic mass is 10.2. The maximum absolute atomic E-state index is 12.0. The third-order valence-corrected chi connectivity index (χ3v) is 4.55. The van der Waals surface area contributed by atoms with E-state index in [4.69, 9.17) is 0 Å². The summed E-state index contributed by atoms with van der Waals surface area (Å²) in [5, 5.41) is 2.97. The van der Waals surface area contributed by atoms with E-state index in [2.05, 4.69) is 34.1 Å². The Hall–Kier alpha value is -2.24. The summed E-state index contributed by atoms with van der Waals surface area (Å²) < 4.78 is 2.03. The van der Waals surface area contributed by atoms with Crippen molar-refractivity contribution in [2.24, 2.45) is 0 Å². The maximum Gasteiger partial charge on any atom is 0.221 e. The minimum absolute atomic E-state index is 0.0589. The van der Waals surface area contributed by atoms with Gasteiger partial charge in [-0.3, -0.25) is 4.79 Å². The predicted octanol–water partition coefficient (Wildman–Crippen LogP) is 1.78. The molecule has 1 N–H and O–H groups in total. The minimum Gasteiger partial charge on any atom is -0.356 e. The van der Waals surface area contributed by atoms with E-state index >= 15 is 0 Å². The second kappa shape index (κ2) is 7.55. The van der Waals surface area contributed by atoms with E-state index in [0.717, 1.165) is 36.6 Å². The number of nitrogens with one attached hydrogen (secondary N) is 1. The summed E-state index contributed by atoms with van der Waals surface area (Å²) in [5.74, 6) is 1.92. The van der Waals surface area contributed by atoms with E-state index in [9.17, 15) is 4.79 Å². The molecule has 0 aliphatic heterocycles. The zero-order valence-corrected chi connectivity index (χ0v) is 14.5. The first-order chi connectivity index (χ1) is 11.7. The number of amides is 1. The van der Waals surface area contributed by atoms with Crippen LogP contribution in [0.3, 0.4) is 0 Å². The molecule has 6 nitrogen and oxygen atoms in total. The topological polar surface area (TPSA) is 72.7 Å². The number of aromatic nitrogens is 4. The Kier molecular flexibility index (Phi) is 5.23. The van der Waals surface area contributed by atoms with Gasteiger partial charge in [0.1, 0.15) is 11.6 Å². The molecule has 24 heavy (non-hydrogen) atoms. The van der Waals surface area contributed by atoms with Crippen molar-refractivity contribution in [3.63, 3.8) is 0 Å². The smallest absolute Gasteiger partial charge is 0.221 e. The first-order valence-corrected chi connectivity index (χ1v) is 8.79. The molecule has 0 unspecified atom stereocenters. The summed E-state index contributed by atoms with van der Waals surface area (Å²) in [6.45, 7) is 5.38. The summed E-state index contributed by atoms with van der Waals surface area (Å²) in [6.07, 6.45) is 9.08. The highest BCUT2D eigenvalue weighted by Gasteiger charge is 2.16. The van der Waals surface area contributed by atoms with Crippen LogP contribution in [-0.2, 0) is 37.0 Å². The molecule has 0 radical (unpaired) electrons. The van der Waals surface area contributed by atoms with Gasteiger partial charge >= 0.3 is 0 Å². The summed E-state index contributed by atoms with van der Waals surface area (Å²) >= 11 is 0. The van der Waals surface area contributed by atoms with Gasteiger partial charge in [0.25, 0.3) is 0 Å². The highest BCUT2D eigenvalue weighted by atomic mass is 16.1. The van der Waals surface area contributed by atoms with Crippen molar-refractivity contribution < 1.29 is 4.79 Å². The molecule has 0 spiro atoms. The Balaban J connectivity index is 1.45. The SMILES string of the molecule is CCc1nccn1CCC(=O)NCCc1nc(C)c2c(n1)CCC2. The highest BCUT2D eigenvalue weighted by Crippen LogP contribution is 2.22. The van der Waals surface area contributed by atoms with Crippen molar-refractivity contribution in [3.05, 3.63) is 41.0 Å². The van der Waals surface area contributed by atoms with Crippen molar-refractivity contribution in [2.45, 2.75) is 58.9 Å². The summed E-state index contributed by atoms with van der Waals surface area (Å²) in [6, 6.07) is 0. The van der Waals surface area contributed by atoms with Crippen LogP contribution in [0.4, 0.5) is 0 Å². The number of carbonyl (C=O) groups excluding carboxylic acids is 1. The standard InChI is InChI=1S/C18H25N5O/c1-3-17-19-10-12-23(17)11-8-18(24)20-9-7-16-21-13(2)14-5-4-6-15(14)22-16/h10,12H,3-9,11H2,1-2H3,(H,20,24). The number of hydrogen-bond donors (Lipinski definition) is 1. The number of aryl methyl sites for hydroxylation is 4. The van der Waals surface area contributed by atoms with Crippen LogP contribution < -0.4 is 5.32 Å². The summed E-state index contributed by atoms with van der Waals surface area (Å²) in [5.41, 5.74) is 3.64. The molecule has 3 rings (SSSR count).